The van der Waals surface area contributed by atoms with Gasteiger partial charge in [0.05, 0.1) is 12.7 Å². The van der Waals surface area contributed by atoms with Gasteiger partial charge in [0, 0.05) is 11.9 Å². The number of esters is 1. The van der Waals surface area contributed by atoms with Gasteiger partial charge in [-0.3, -0.25) is 0 Å². The molecular formula is C17H16N2O3. The largest absolute Gasteiger partial charge is 0.465 e. The van der Waals surface area contributed by atoms with Crippen molar-refractivity contribution in [2.75, 3.05) is 12.4 Å². The van der Waals surface area contributed by atoms with Crippen LogP contribution in [-0.2, 0) is 4.74 Å². The van der Waals surface area contributed by atoms with Crippen LogP contribution in [0.25, 0.3) is 6.08 Å². The van der Waals surface area contributed by atoms with E-state index < -0.39 is 5.97 Å². The van der Waals surface area contributed by atoms with Gasteiger partial charge in [-0.15, -0.1) is 0 Å². The molecule has 0 spiro atoms. The Bertz CT molecular complexity index is 664. The predicted octanol–water partition coefficient (Wildman–Crippen LogP) is 3.27. The van der Waals surface area contributed by atoms with Crippen LogP contribution in [0.15, 0.2) is 60.8 Å². The van der Waals surface area contributed by atoms with Gasteiger partial charge in [-0.05, 0) is 35.9 Å². The fourth-order valence-electron chi connectivity index (χ4n) is 1.75. The summed E-state index contributed by atoms with van der Waals surface area (Å²) >= 11 is 0. The van der Waals surface area contributed by atoms with Crippen LogP contribution in [0.3, 0.4) is 0 Å². The van der Waals surface area contributed by atoms with Gasteiger partial charge in [-0.2, -0.15) is 0 Å². The Hall–Kier alpha value is -3.08. The molecule has 0 saturated heterocycles. The van der Waals surface area contributed by atoms with Gasteiger partial charge in [0.2, 0.25) is 0 Å². The molecule has 0 bridgehead atoms. The second-order valence-corrected chi connectivity index (χ2v) is 4.41. The lowest BCUT2D eigenvalue weighted by Gasteiger charge is -2.05. The third-order valence-corrected chi connectivity index (χ3v) is 2.85. The van der Waals surface area contributed by atoms with Gasteiger partial charge in [-0.1, -0.05) is 30.3 Å². The van der Waals surface area contributed by atoms with E-state index in [-0.39, 0.29) is 6.03 Å². The number of hydrogen-bond acceptors (Lipinski definition) is 3. The van der Waals surface area contributed by atoms with E-state index in [0.29, 0.717) is 11.3 Å². The monoisotopic (exact) mass is 296 g/mol. The number of benzene rings is 2. The molecule has 5 heteroatoms. The molecule has 0 aliphatic carbocycles. The first kappa shape index (κ1) is 15.3. The molecule has 2 aromatic rings. The first-order valence-electron chi connectivity index (χ1n) is 6.66. The Morgan fingerprint density at radius 3 is 2.32 bits per heavy atom. The molecule has 2 rings (SSSR count). The molecule has 0 radical (unpaired) electrons. The molecule has 5 nitrogen and oxygen atoms in total. The summed E-state index contributed by atoms with van der Waals surface area (Å²) in [6, 6.07) is 15.7. The molecule has 2 N–H and O–H groups in total. The number of ether oxygens (including phenoxy) is 1. The summed E-state index contributed by atoms with van der Waals surface area (Å²) in [5.41, 5.74) is 2.00. The van der Waals surface area contributed by atoms with Crippen molar-refractivity contribution < 1.29 is 14.3 Å². The lowest BCUT2D eigenvalue weighted by molar-refractivity contribution is 0.0601. The highest BCUT2D eigenvalue weighted by Crippen LogP contribution is 2.10. The quantitative estimate of drug-likeness (QED) is 0.851. The molecule has 0 unspecified atom stereocenters. The van der Waals surface area contributed by atoms with E-state index in [1.165, 1.54) is 7.11 Å². The minimum Gasteiger partial charge on any atom is -0.465 e. The number of rotatable bonds is 4. The molecule has 0 saturated carbocycles. The zero-order chi connectivity index (χ0) is 15.8. The topological polar surface area (TPSA) is 67.4 Å². The summed E-state index contributed by atoms with van der Waals surface area (Å²) in [4.78, 5) is 23.0. The zero-order valence-corrected chi connectivity index (χ0v) is 12.1. The number of carbonyl (C=O) groups is 2. The van der Waals surface area contributed by atoms with Crippen LogP contribution in [0.1, 0.15) is 15.9 Å². The number of anilines is 1. The summed E-state index contributed by atoms with van der Waals surface area (Å²) in [5.74, 6) is -0.415. The summed E-state index contributed by atoms with van der Waals surface area (Å²) in [7, 11) is 1.32. The van der Waals surface area contributed by atoms with Crippen LogP contribution in [-0.4, -0.2) is 19.1 Å². The number of methoxy groups -OCH3 is 1. The molecule has 0 aromatic heterocycles. The van der Waals surface area contributed by atoms with Crippen LogP contribution in [0, 0.1) is 0 Å². The molecule has 0 atom stereocenters. The van der Waals surface area contributed by atoms with Crippen molar-refractivity contribution in [1.29, 1.82) is 0 Å². The number of hydrogen-bond donors (Lipinski definition) is 2. The smallest absolute Gasteiger partial charge is 0.337 e. The van der Waals surface area contributed by atoms with E-state index in [0.717, 1.165) is 5.56 Å². The SMILES string of the molecule is COC(=O)c1ccc(NC(=O)N/C=C/c2ccccc2)cc1. The third kappa shape index (κ3) is 4.49. The van der Waals surface area contributed by atoms with Crippen molar-refractivity contribution in [3.05, 3.63) is 71.9 Å². The van der Waals surface area contributed by atoms with Gasteiger partial charge in [-0.25, -0.2) is 9.59 Å². The second-order valence-electron chi connectivity index (χ2n) is 4.41. The van der Waals surface area contributed by atoms with Crippen molar-refractivity contribution in [3.8, 4) is 0 Å². The average molecular weight is 296 g/mol. The summed E-state index contributed by atoms with van der Waals surface area (Å²) < 4.78 is 4.60. The first-order valence-corrected chi connectivity index (χ1v) is 6.66. The van der Waals surface area contributed by atoms with Crippen molar-refractivity contribution in [3.63, 3.8) is 0 Å². The van der Waals surface area contributed by atoms with Crippen molar-refractivity contribution >= 4 is 23.8 Å². The number of carbonyl (C=O) groups excluding carboxylic acids is 2. The van der Waals surface area contributed by atoms with Gasteiger partial charge in [0.1, 0.15) is 0 Å². The molecule has 0 aliphatic heterocycles. The van der Waals surface area contributed by atoms with Crippen LogP contribution in [0.5, 0.6) is 0 Å². The molecule has 0 fully saturated rings. The normalized spacial score (nSPS) is 10.2. The molecule has 112 valence electrons. The Kier molecular flexibility index (Phi) is 5.31. The Morgan fingerprint density at radius 2 is 1.68 bits per heavy atom. The van der Waals surface area contributed by atoms with Crippen molar-refractivity contribution in [2.45, 2.75) is 0 Å². The number of amides is 2. The van der Waals surface area contributed by atoms with E-state index in [1.54, 1.807) is 36.5 Å². The molecule has 0 heterocycles. The van der Waals surface area contributed by atoms with Crippen LogP contribution in [0.2, 0.25) is 0 Å². The highest BCUT2D eigenvalue weighted by molar-refractivity contribution is 5.92. The molecule has 0 aliphatic rings. The highest BCUT2D eigenvalue weighted by Gasteiger charge is 2.05. The van der Waals surface area contributed by atoms with Gasteiger partial charge in [0.25, 0.3) is 0 Å². The summed E-state index contributed by atoms with van der Waals surface area (Å²) in [5, 5.41) is 5.26. The van der Waals surface area contributed by atoms with E-state index in [4.69, 9.17) is 0 Å². The molecule has 22 heavy (non-hydrogen) atoms. The molecule has 2 aromatic carbocycles. The maximum absolute atomic E-state index is 11.7. The third-order valence-electron chi connectivity index (χ3n) is 2.85. The fourth-order valence-corrected chi connectivity index (χ4v) is 1.75. The Balaban J connectivity index is 1.87. The highest BCUT2D eigenvalue weighted by atomic mass is 16.5. The zero-order valence-electron chi connectivity index (χ0n) is 12.1. The minimum absolute atomic E-state index is 0.363. The van der Waals surface area contributed by atoms with Crippen LogP contribution >= 0.6 is 0 Å². The van der Waals surface area contributed by atoms with E-state index in [1.807, 2.05) is 30.3 Å². The second kappa shape index (κ2) is 7.64. The van der Waals surface area contributed by atoms with E-state index >= 15 is 0 Å². The fraction of sp³-hybridized carbons (Fsp3) is 0.0588. The van der Waals surface area contributed by atoms with Gasteiger partial charge >= 0.3 is 12.0 Å². The standard InChI is InChI=1S/C17H16N2O3/c1-22-16(20)14-7-9-15(10-8-14)19-17(21)18-12-11-13-5-3-2-4-6-13/h2-12H,1H3,(H2,18,19,21)/b12-11+. The van der Waals surface area contributed by atoms with Crippen LogP contribution < -0.4 is 10.6 Å². The first-order chi connectivity index (χ1) is 10.7. The van der Waals surface area contributed by atoms with Gasteiger partial charge in [0.15, 0.2) is 0 Å². The van der Waals surface area contributed by atoms with Crippen molar-refractivity contribution in [1.82, 2.24) is 5.32 Å². The van der Waals surface area contributed by atoms with E-state index in [9.17, 15) is 9.59 Å². The Morgan fingerprint density at radius 1 is 1.00 bits per heavy atom. The molecule has 2 amide bonds. The average Bonchev–Trinajstić information content (AvgIpc) is 2.56. The summed E-state index contributed by atoms with van der Waals surface area (Å²) in [6.07, 6.45) is 3.35. The number of nitrogens with one attached hydrogen (secondary N) is 2. The minimum atomic E-state index is -0.415. The summed E-state index contributed by atoms with van der Waals surface area (Å²) in [6.45, 7) is 0. The predicted molar refractivity (Wildman–Crippen MR) is 85.4 cm³/mol. The lowest BCUT2D eigenvalue weighted by Crippen LogP contribution is -2.23. The lowest BCUT2D eigenvalue weighted by atomic mass is 10.2. The Labute approximate surface area is 128 Å². The molecular weight excluding hydrogens is 280 g/mol. The maximum atomic E-state index is 11.7. The maximum Gasteiger partial charge on any atom is 0.337 e. The van der Waals surface area contributed by atoms with Crippen molar-refractivity contribution in [2.24, 2.45) is 0 Å². The van der Waals surface area contributed by atoms with Crippen LogP contribution in [0.4, 0.5) is 10.5 Å². The van der Waals surface area contributed by atoms with Gasteiger partial charge < -0.3 is 15.4 Å². The number of urea groups is 1. The van der Waals surface area contributed by atoms with E-state index in [2.05, 4.69) is 15.4 Å².